The molecule has 3 aromatic rings. The van der Waals surface area contributed by atoms with Crippen molar-refractivity contribution < 1.29 is 10.0 Å². The van der Waals surface area contributed by atoms with Gasteiger partial charge in [-0.15, -0.1) is 0 Å². The van der Waals surface area contributed by atoms with Gasteiger partial charge in [0.15, 0.2) is 0 Å². The van der Waals surface area contributed by atoms with E-state index in [0.29, 0.717) is 0 Å². The largest absolute Gasteiger partial charge is 0.343 e. The van der Waals surface area contributed by atoms with Crippen LogP contribution in [0.25, 0.3) is 17.1 Å². The second-order valence-electron chi connectivity index (χ2n) is 7.60. The molecule has 6 nitrogen and oxygen atoms in total. The molecule has 6 heteroatoms. The number of hydrogen-bond acceptors (Lipinski definition) is 4. The van der Waals surface area contributed by atoms with Gasteiger partial charge in [0.1, 0.15) is 5.65 Å². The van der Waals surface area contributed by atoms with Crippen molar-refractivity contribution in [2.45, 2.75) is 32.7 Å². The number of nitrogens with one attached hydrogen (secondary N) is 2. The minimum absolute atomic E-state index is 0.520. The van der Waals surface area contributed by atoms with Gasteiger partial charge in [0.05, 0.1) is 0 Å². The van der Waals surface area contributed by atoms with Crippen molar-refractivity contribution in [1.82, 2.24) is 20.3 Å². The molecule has 0 atom stereocenters. The number of carbonyl (C=O) groups is 1. The maximum absolute atomic E-state index is 11.2. The number of nitrogens with zero attached hydrogens (tertiary/aromatic N) is 2. The maximum Gasteiger partial charge on any atom is 0.267 e. The maximum atomic E-state index is 11.2. The number of amides is 1. The molecule has 0 radical (unpaired) electrons. The van der Waals surface area contributed by atoms with E-state index in [-0.39, 0.29) is 0 Å². The fourth-order valence-electron chi connectivity index (χ4n) is 4.15. The summed E-state index contributed by atoms with van der Waals surface area (Å²) >= 11 is 0. The Morgan fingerprint density at radius 1 is 1.34 bits per heavy atom. The van der Waals surface area contributed by atoms with E-state index in [4.69, 9.17) is 5.21 Å². The molecule has 1 aliphatic rings. The summed E-state index contributed by atoms with van der Waals surface area (Å²) in [6.45, 7) is 5.16. The Morgan fingerprint density at radius 2 is 2.24 bits per heavy atom. The molecule has 0 saturated carbocycles. The highest BCUT2D eigenvalue weighted by Gasteiger charge is 2.16. The Bertz CT molecular complexity index is 1050. The van der Waals surface area contributed by atoms with E-state index in [1.807, 2.05) is 18.3 Å². The van der Waals surface area contributed by atoms with Crippen LogP contribution in [0, 0.1) is 6.92 Å². The summed E-state index contributed by atoms with van der Waals surface area (Å²) in [5.74, 6) is -0.520. The molecule has 3 heterocycles. The summed E-state index contributed by atoms with van der Waals surface area (Å²) in [5.41, 5.74) is 8.82. The van der Waals surface area contributed by atoms with Crippen molar-refractivity contribution in [2.24, 2.45) is 0 Å². The van der Waals surface area contributed by atoms with Gasteiger partial charge in [0.2, 0.25) is 0 Å². The van der Waals surface area contributed by atoms with E-state index in [1.165, 1.54) is 33.8 Å². The van der Waals surface area contributed by atoms with Gasteiger partial charge in [-0.05, 0) is 73.2 Å². The number of carbonyl (C=O) groups excluding carboxylic acids is 1. The Hall–Kier alpha value is -2.96. The molecule has 1 aromatic carbocycles. The van der Waals surface area contributed by atoms with Crippen molar-refractivity contribution in [3.8, 4) is 0 Å². The Kier molecular flexibility index (Phi) is 5.74. The molecule has 0 saturated heterocycles. The lowest BCUT2D eigenvalue weighted by atomic mass is 10.0. The van der Waals surface area contributed by atoms with Crippen LogP contribution in [0.3, 0.4) is 0 Å². The number of hydroxylamine groups is 1. The van der Waals surface area contributed by atoms with E-state index >= 15 is 0 Å². The van der Waals surface area contributed by atoms with E-state index < -0.39 is 5.91 Å². The molecule has 0 fully saturated rings. The average Bonchev–Trinajstić information content (AvgIpc) is 2.91. The van der Waals surface area contributed by atoms with Crippen LogP contribution in [0.4, 0.5) is 0 Å². The van der Waals surface area contributed by atoms with Crippen LogP contribution in [0.2, 0.25) is 0 Å². The molecule has 3 N–H and O–H groups in total. The molecule has 0 spiro atoms. The average molecular weight is 390 g/mol. The Labute approximate surface area is 170 Å². The van der Waals surface area contributed by atoms with E-state index in [0.717, 1.165) is 50.1 Å². The summed E-state index contributed by atoms with van der Waals surface area (Å²) in [7, 11) is 0. The molecule has 4 rings (SSSR count). The summed E-state index contributed by atoms with van der Waals surface area (Å²) in [6, 6.07) is 10.5. The molecule has 29 heavy (non-hydrogen) atoms. The molecule has 1 aliphatic heterocycles. The van der Waals surface area contributed by atoms with Crippen LogP contribution in [0.5, 0.6) is 0 Å². The first-order valence-corrected chi connectivity index (χ1v) is 10.0. The molecule has 150 valence electrons. The van der Waals surface area contributed by atoms with Gasteiger partial charge in [-0.25, -0.2) is 10.5 Å². The first kappa shape index (κ1) is 19.4. The number of aromatic nitrogens is 2. The van der Waals surface area contributed by atoms with Gasteiger partial charge in [0, 0.05) is 36.4 Å². The second-order valence-corrected chi connectivity index (χ2v) is 7.60. The number of aromatic amines is 1. The zero-order valence-corrected chi connectivity index (χ0v) is 16.6. The fourth-order valence-corrected chi connectivity index (χ4v) is 4.15. The lowest BCUT2D eigenvalue weighted by molar-refractivity contribution is -0.124. The Morgan fingerprint density at radius 3 is 3.10 bits per heavy atom. The first-order valence-electron chi connectivity index (χ1n) is 10.0. The lowest BCUT2D eigenvalue weighted by Gasteiger charge is -2.20. The standard InChI is InChI=1S/C23H26N4O2/c1-16-20(21-5-2-11-24-23(21)25-16)10-13-27-12-3-4-18-14-17(6-8-19(18)15-27)7-9-22(28)26-29/h2,5-9,11,14,29H,3-4,10,12-13,15H2,1H3,(H,24,25)(H,26,28)/b9-7+. The van der Waals surface area contributed by atoms with Crippen LogP contribution in [-0.4, -0.2) is 39.1 Å². The normalized spacial score (nSPS) is 14.8. The first-order chi connectivity index (χ1) is 14.1. The van der Waals surface area contributed by atoms with E-state index in [2.05, 4.69) is 40.0 Å². The number of fused-ring (bicyclic) bond motifs is 2. The minimum atomic E-state index is -0.520. The molecule has 1 amide bonds. The number of aryl methyl sites for hydroxylation is 2. The lowest BCUT2D eigenvalue weighted by Crippen LogP contribution is -2.25. The van der Waals surface area contributed by atoms with Crippen LogP contribution >= 0.6 is 0 Å². The quantitative estimate of drug-likeness (QED) is 0.354. The number of hydrogen-bond donors (Lipinski definition) is 3. The van der Waals surface area contributed by atoms with Gasteiger partial charge in [-0.3, -0.25) is 14.9 Å². The molecule has 0 bridgehead atoms. The molecular weight excluding hydrogens is 364 g/mol. The SMILES string of the molecule is Cc1[nH]c2ncccc2c1CCN1CCCc2cc(/C=C/C(=O)NO)ccc2C1. The summed E-state index contributed by atoms with van der Waals surface area (Å²) in [4.78, 5) is 21.5. The summed E-state index contributed by atoms with van der Waals surface area (Å²) in [6.07, 6.45) is 8.05. The van der Waals surface area contributed by atoms with Gasteiger partial charge >= 0.3 is 0 Å². The predicted molar refractivity (Wildman–Crippen MR) is 114 cm³/mol. The van der Waals surface area contributed by atoms with Crippen LogP contribution in [0.1, 0.15) is 34.4 Å². The van der Waals surface area contributed by atoms with Crippen molar-refractivity contribution in [3.05, 3.63) is 70.6 Å². The van der Waals surface area contributed by atoms with Crippen LogP contribution in [-0.2, 0) is 24.2 Å². The van der Waals surface area contributed by atoms with Crippen molar-refractivity contribution in [2.75, 3.05) is 13.1 Å². The molecular formula is C23H26N4O2. The predicted octanol–water partition coefficient (Wildman–Crippen LogP) is 3.38. The zero-order valence-electron chi connectivity index (χ0n) is 16.6. The molecule has 0 aliphatic carbocycles. The smallest absolute Gasteiger partial charge is 0.267 e. The highest BCUT2D eigenvalue weighted by Crippen LogP contribution is 2.24. The minimum Gasteiger partial charge on any atom is -0.343 e. The van der Waals surface area contributed by atoms with Gasteiger partial charge in [-0.1, -0.05) is 18.2 Å². The summed E-state index contributed by atoms with van der Waals surface area (Å²) in [5, 5.41) is 9.83. The van der Waals surface area contributed by atoms with Gasteiger partial charge in [-0.2, -0.15) is 0 Å². The van der Waals surface area contributed by atoms with Gasteiger partial charge < -0.3 is 4.98 Å². The third kappa shape index (κ3) is 4.39. The second kappa shape index (κ2) is 8.59. The molecule has 0 unspecified atom stereocenters. The number of H-pyrrole nitrogens is 1. The molecule has 2 aromatic heterocycles. The van der Waals surface area contributed by atoms with Crippen LogP contribution < -0.4 is 5.48 Å². The van der Waals surface area contributed by atoms with Crippen molar-refractivity contribution in [1.29, 1.82) is 0 Å². The van der Waals surface area contributed by atoms with Gasteiger partial charge in [0.25, 0.3) is 5.91 Å². The van der Waals surface area contributed by atoms with E-state index in [9.17, 15) is 4.79 Å². The highest BCUT2D eigenvalue weighted by atomic mass is 16.5. The van der Waals surface area contributed by atoms with Crippen LogP contribution in [0.15, 0.2) is 42.6 Å². The fraction of sp³-hybridized carbons (Fsp3) is 0.304. The van der Waals surface area contributed by atoms with Crippen molar-refractivity contribution >= 4 is 23.0 Å². The number of benzene rings is 1. The zero-order chi connectivity index (χ0) is 20.2. The topological polar surface area (TPSA) is 81.2 Å². The third-order valence-corrected chi connectivity index (χ3v) is 5.65. The summed E-state index contributed by atoms with van der Waals surface area (Å²) < 4.78 is 0. The Balaban J connectivity index is 1.45. The monoisotopic (exact) mass is 390 g/mol. The number of rotatable bonds is 5. The number of pyridine rings is 1. The highest BCUT2D eigenvalue weighted by molar-refractivity contribution is 5.90. The van der Waals surface area contributed by atoms with E-state index in [1.54, 1.807) is 11.6 Å². The van der Waals surface area contributed by atoms with Crippen molar-refractivity contribution in [3.63, 3.8) is 0 Å². The third-order valence-electron chi connectivity index (χ3n) is 5.65.